The summed E-state index contributed by atoms with van der Waals surface area (Å²) in [6.07, 6.45) is 3.53. The fraction of sp³-hybridized carbons (Fsp3) is 0.250. The highest BCUT2D eigenvalue weighted by Gasteiger charge is 2.06. The second kappa shape index (κ2) is 5.10. The Kier molecular flexibility index (Phi) is 3.54. The molecule has 0 aliphatic carbocycles. The third kappa shape index (κ3) is 2.91. The van der Waals surface area contributed by atoms with Gasteiger partial charge in [-0.3, -0.25) is 4.98 Å². The van der Waals surface area contributed by atoms with E-state index < -0.39 is 0 Å². The highest BCUT2D eigenvalue weighted by Crippen LogP contribution is 2.17. The number of halogens is 1. The topological polar surface area (TPSA) is 50.7 Å². The van der Waals surface area contributed by atoms with Crippen LogP contribution in [0.5, 0.6) is 0 Å². The zero-order valence-electron chi connectivity index (χ0n) is 9.74. The van der Waals surface area contributed by atoms with E-state index in [-0.39, 0.29) is 5.28 Å². The average molecular weight is 249 g/mol. The predicted molar refractivity (Wildman–Crippen MR) is 68.1 cm³/mol. The van der Waals surface area contributed by atoms with Gasteiger partial charge in [0.2, 0.25) is 5.28 Å². The van der Waals surface area contributed by atoms with E-state index in [1.165, 1.54) is 0 Å². The molecule has 0 aromatic carbocycles. The van der Waals surface area contributed by atoms with Gasteiger partial charge in [-0.1, -0.05) is 0 Å². The van der Waals surface area contributed by atoms with E-state index in [1.54, 1.807) is 12.4 Å². The van der Waals surface area contributed by atoms with Crippen molar-refractivity contribution >= 4 is 17.4 Å². The minimum atomic E-state index is 0.269. The molecule has 0 saturated carbocycles. The van der Waals surface area contributed by atoms with Crippen molar-refractivity contribution in [2.45, 2.75) is 20.4 Å². The van der Waals surface area contributed by atoms with Crippen LogP contribution in [0.1, 0.15) is 16.8 Å². The number of rotatable bonds is 3. The zero-order valence-corrected chi connectivity index (χ0v) is 10.5. The lowest BCUT2D eigenvalue weighted by atomic mass is 10.2. The van der Waals surface area contributed by atoms with Crippen LogP contribution in [0.15, 0.2) is 24.5 Å². The van der Waals surface area contributed by atoms with Crippen LogP contribution in [-0.2, 0) is 6.54 Å². The van der Waals surface area contributed by atoms with Gasteiger partial charge in [-0.2, -0.15) is 0 Å². The molecule has 0 aliphatic heterocycles. The standard InChI is InChI=1S/C12H13ClN4/c1-8-9(2)16-12(13)17-11(8)15-7-10-3-5-14-6-4-10/h3-6H,7H2,1-2H3,(H,15,16,17). The maximum Gasteiger partial charge on any atom is 0.224 e. The maximum atomic E-state index is 5.83. The van der Waals surface area contributed by atoms with Gasteiger partial charge in [0.25, 0.3) is 0 Å². The van der Waals surface area contributed by atoms with Crippen molar-refractivity contribution in [2.75, 3.05) is 5.32 Å². The molecule has 0 bridgehead atoms. The summed E-state index contributed by atoms with van der Waals surface area (Å²) in [4.78, 5) is 12.2. The number of hydrogen-bond donors (Lipinski definition) is 1. The molecule has 2 heterocycles. The van der Waals surface area contributed by atoms with Crippen LogP contribution in [0, 0.1) is 13.8 Å². The van der Waals surface area contributed by atoms with E-state index in [0.29, 0.717) is 6.54 Å². The number of pyridine rings is 1. The molecule has 5 heteroatoms. The normalized spacial score (nSPS) is 10.3. The molecular formula is C12H13ClN4. The maximum absolute atomic E-state index is 5.83. The third-order valence-electron chi connectivity index (χ3n) is 2.57. The molecule has 2 rings (SSSR count). The molecule has 2 aromatic heterocycles. The lowest BCUT2D eigenvalue weighted by molar-refractivity contribution is 1.02. The summed E-state index contributed by atoms with van der Waals surface area (Å²) in [5.41, 5.74) is 3.05. The molecule has 0 fully saturated rings. The molecule has 1 N–H and O–H groups in total. The van der Waals surface area contributed by atoms with E-state index in [9.17, 15) is 0 Å². The first-order valence-electron chi connectivity index (χ1n) is 5.30. The Bertz CT molecular complexity index is 513. The van der Waals surface area contributed by atoms with Crippen molar-refractivity contribution in [1.82, 2.24) is 15.0 Å². The number of aryl methyl sites for hydroxylation is 1. The molecule has 0 saturated heterocycles. The zero-order chi connectivity index (χ0) is 12.3. The summed E-state index contributed by atoms with van der Waals surface area (Å²) in [7, 11) is 0. The Labute approximate surface area is 105 Å². The highest BCUT2D eigenvalue weighted by molar-refractivity contribution is 6.28. The Morgan fingerprint density at radius 1 is 1.18 bits per heavy atom. The van der Waals surface area contributed by atoms with Gasteiger partial charge < -0.3 is 5.32 Å². The van der Waals surface area contributed by atoms with Gasteiger partial charge in [0.05, 0.1) is 0 Å². The SMILES string of the molecule is Cc1nc(Cl)nc(NCc2ccncc2)c1C. The van der Waals surface area contributed by atoms with E-state index in [1.807, 2.05) is 26.0 Å². The van der Waals surface area contributed by atoms with Crippen molar-refractivity contribution in [3.63, 3.8) is 0 Å². The lowest BCUT2D eigenvalue weighted by Crippen LogP contribution is -2.05. The molecule has 0 amide bonds. The fourth-order valence-electron chi connectivity index (χ4n) is 1.45. The Hall–Kier alpha value is -1.68. The first-order valence-corrected chi connectivity index (χ1v) is 5.68. The molecule has 4 nitrogen and oxygen atoms in total. The molecule has 2 aromatic rings. The monoisotopic (exact) mass is 248 g/mol. The molecule has 0 spiro atoms. The van der Waals surface area contributed by atoms with Crippen LogP contribution >= 0.6 is 11.6 Å². The van der Waals surface area contributed by atoms with Gasteiger partial charge in [-0.05, 0) is 43.1 Å². The number of nitrogens with zero attached hydrogens (tertiary/aromatic N) is 3. The van der Waals surface area contributed by atoms with E-state index >= 15 is 0 Å². The van der Waals surface area contributed by atoms with Gasteiger partial charge >= 0.3 is 0 Å². The Balaban J connectivity index is 2.14. The molecule has 88 valence electrons. The van der Waals surface area contributed by atoms with Crippen LogP contribution < -0.4 is 5.32 Å². The first-order chi connectivity index (χ1) is 8.16. The summed E-state index contributed by atoms with van der Waals surface area (Å²) >= 11 is 5.83. The molecule has 0 radical (unpaired) electrons. The second-order valence-corrected chi connectivity index (χ2v) is 4.10. The van der Waals surface area contributed by atoms with Crippen molar-refractivity contribution in [1.29, 1.82) is 0 Å². The van der Waals surface area contributed by atoms with Gasteiger partial charge in [-0.25, -0.2) is 9.97 Å². The van der Waals surface area contributed by atoms with E-state index in [4.69, 9.17) is 11.6 Å². The van der Waals surface area contributed by atoms with Crippen LogP contribution in [0.3, 0.4) is 0 Å². The largest absolute Gasteiger partial charge is 0.366 e. The van der Waals surface area contributed by atoms with Gasteiger partial charge in [0, 0.05) is 30.2 Å². The number of nitrogens with one attached hydrogen (secondary N) is 1. The van der Waals surface area contributed by atoms with Crippen LogP contribution in [0.25, 0.3) is 0 Å². The second-order valence-electron chi connectivity index (χ2n) is 3.76. The van der Waals surface area contributed by atoms with Gasteiger partial charge in [0.15, 0.2) is 0 Å². The van der Waals surface area contributed by atoms with Crippen molar-refractivity contribution in [3.8, 4) is 0 Å². The Morgan fingerprint density at radius 2 is 1.88 bits per heavy atom. The van der Waals surface area contributed by atoms with Crippen molar-refractivity contribution in [2.24, 2.45) is 0 Å². The minimum Gasteiger partial charge on any atom is -0.366 e. The van der Waals surface area contributed by atoms with Crippen molar-refractivity contribution in [3.05, 3.63) is 46.6 Å². The van der Waals surface area contributed by atoms with Crippen LogP contribution in [-0.4, -0.2) is 15.0 Å². The summed E-state index contributed by atoms with van der Waals surface area (Å²) < 4.78 is 0. The molecule has 17 heavy (non-hydrogen) atoms. The number of hydrogen-bond acceptors (Lipinski definition) is 4. The number of aromatic nitrogens is 3. The average Bonchev–Trinajstić information content (AvgIpc) is 2.33. The minimum absolute atomic E-state index is 0.269. The summed E-state index contributed by atoms with van der Waals surface area (Å²) in [6.45, 7) is 4.58. The van der Waals surface area contributed by atoms with Crippen LogP contribution in [0.4, 0.5) is 5.82 Å². The summed E-state index contributed by atoms with van der Waals surface area (Å²) in [6, 6.07) is 3.91. The highest BCUT2D eigenvalue weighted by atomic mass is 35.5. The van der Waals surface area contributed by atoms with Crippen molar-refractivity contribution < 1.29 is 0 Å². The summed E-state index contributed by atoms with van der Waals surface area (Å²) in [5.74, 6) is 0.777. The molecular weight excluding hydrogens is 236 g/mol. The lowest BCUT2D eigenvalue weighted by Gasteiger charge is -2.10. The quantitative estimate of drug-likeness (QED) is 0.849. The summed E-state index contributed by atoms with van der Waals surface area (Å²) in [5, 5.41) is 3.52. The van der Waals surface area contributed by atoms with E-state index in [2.05, 4.69) is 20.3 Å². The van der Waals surface area contributed by atoms with Gasteiger partial charge in [0.1, 0.15) is 5.82 Å². The first kappa shape index (κ1) is 11.8. The molecule has 0 aliphatic rings. The van der Waals surface area contributed by atoms with E-state index in [0.717, 1.165) is 22.6 Å². The smallest absolute Gasteiger partial charge is 0.224 e. The molecule has 0 atom stereocenters. The van der Waals surface area contributed by atoms with Gasteiger partial charge in [-0.15, -0.1) is 0 Å². The number of anilines is 1. The Morgan fingerprint density at radius 3 is 2.59 bits per heavy atom. The third-order valence-corrected chi connectivity index (χ3v) is 2.74. The van der Waals surface area contributed by atoms with Crippen LogP contribution in [0.2, 0.25) is 5.28 Å². The molecule has 0 unspecified atom stereocenters. The fourth-order valence-corrected chi connectivity index (χ4v) is 1.66. The predicted octanol–water partition coefficient (Wildman–Crippen LogP) is 2.75.